The number of carbonyl (C=O) groups is 2. The van der Waals surface area contributed by atoms with Crippen LogP contribution in [0.3, 0.4) is 0 Å². The molecule has 6 rings (SSSR count). The van der Waals surface area contributed by atoms with Crippen molar-refractivity contribution in [2.75, 3.05) is 18.1 Å². The highest BCUT2D eigenvalue weighted by atomic mass is 19.1. The van der Waals surface area contributed by atoms with Gasteiger partial charge < -0.3 is 9.64 Å². The summed E-state index contributed by atoms with van der Waals surface area (Å²) in [4.78, 5) is 28.8. The minimum absolute atomic E-state index is 0.0436. The van der Waals surface area contributed by atoms with E-state index in [4.69, 9.17) is 4.74 Å². The highest BCUT2D eigenvalue weighted by Gasteiger charge is 2.75. The molecule has 2 amide bonds. The van der Waals surface area contributed by atoms with Crippen LogP contribution >= 0.6 is 0 Å². The standard InChI is InChI=1S/C27H35FN2O3/c1-3-33-25(32)30-24-9-6-20-13-19(15-27(20,24)30)18-5-4-11-26(12-10-18)16-29(17(2)31)23-8-7-21(28)14-22(23)26/h7-8,14,18-20,24H,3-6,9-13,15-16H2,1-2H3. The Morgan fingerprint density at radius 2 is 2.00 bits per heavy atom. The van der Waals surface area contributed by atoms with Crippen molar-refractivity contribution >= 4 is 17.7 Å². The lowest BCUT2D eigenvalue weighted by atomic mass is 9.75. The molecule has 0 radical (unpaired) electrons. The van der Waals surface area contributed by atoms with Crippen LogP contribution in [0.1, 0.15) is 77.2 Å². The van der Waals surface area contributed by atoms with Crippen LogP contribution in [0.5, 0.6) is 0 Å². The van der Waals surface area contributed by atoms with Crippen molar-refractivity contribution in [1.82, 2.24) is 4.90 Å². The van der Waals surface area contributed by atoms with Crippen molar-refractivity contribution in [2.24, 2.45) is 17.8 Å². The van der Waals surface area contributed by atoms with Crippen LogP contribution < -0.4 is 4.90 Å². The van der Waals surface area contributed by atoms with E-state index in [0.717, 1.165) is 49.8 Å². The van der Waals surface area contributed by atoms with Gasteiger partial charge in [0.1, 0.15) is 5.82 Å². The molecule has 1 saturated heterocycles. The number of likely N-dealkylation sites (tertiary alicyclic amines) is 1. The molecule has 6 heteroatoms. The zero-order valence-electron chi connectivity index (χ0n) is 19.8. The minimum atomic E-state index is -0.208. The van der Waals surface area contributed by atoms with Gasteiger partial charge in [-0.15, -0.1) is 0 Å². The number of hydrogen-bond acceptors (Lipinski definition) is 3. The smallest absolute Gasteiger partial charge is 0.410 e. The Morgan fingerprint density at radius 1 is 1.15 bits per heavy atom. The summed E-state index contributed by atoms with van der Waals surface area (Å²) >= 11 is 0. The van der Waals surface area contributed by atoms with Gasteiger partial charge in [0.05, 0.1) is 18.2 Å². The molecule has 6 atom stereocenters. The number of halogens is 1. The van der Waals surface area contributed by atoms with E-state index in [1.165, 1.54) is 25.3 Å². The van der Waals surface area contributed by atoms with Crippen LogP contribution in [-0.2, 0) is 14.9 Å². The van der Waals surface area contributed by atoms with Crippen molar-refractivity contribution in [1.29, 1.82) is 0 Å². The van der Waals surface area contributed by atoms with Crippen molar-refractivity contribution in [2.45, 2.75) is 88.6 Å². The number of piperidine rings is 1. The highest BCUT2D eigenvalue weighted by molar-refractivity contribution is 5.94. The van der Waals surface area contributed by atoms with Crippen LogP contribution in [0.2, 0.25) is 0 Å². The van der Waals surface area contributed by atoms with E-state index in [-0.39, 0.29) is 28.8 Å². The predicted molar refractivity (Wildman–Crippen MR) is 124 cm³/mol. The SMILES string of the molecule is CCOC(=O)N1C2CCC3CC(C4CCCC5(CC4)CN(C(C)=O)c4ccc(F)cc45)CC321. The Kier molecular flexibility index (Phi) is 4.83. The van der Waals surface area contributed by atoms with Crippen molar-refractivity contribution in [3.05, 3.63) is 29.6 Å². The van der Waals surface area contributed by atoms with Gasteiger partial charge in [0.15, 0.2) is 0 Å². The maximum Gasteiger partial charge on any atom is 0.410 e. The number of fused-ring (bicyclic) bond motifs is 2. The first-order valence-electron chi connectivity index (χ1n) is 12.9. The van der Waals surface area contributed by atoms with E-state index >= 15 is 0 Å². The number of carbonyl (C=O) groups excluding carboxylic acids is 2. The van der Waals surface area contributed by atoms with E-state index in [2.05, 4.69) is 4.90 Å². The van der Waals surface area contributed by atoms with Gasteiger partial charge in [0.2, 0.25) is 5.91 Å². The van der Waals surface area contributed by atoms with Gasteiger partial charge in [-0.05, 0) is 93.4 Å². The molecule has 2 heterocycles. The Hall–Kier alpha value is -2.11. The fourth-order valence-electron chi connectivity index (χ4n) is 8.56. The molecule has 3 saturated carbocycles. The number of rotatable bonds is 2. The lowest BCUT2D eigenvalue weighted by Crippen LogP contribution is -2.35. The maximum absolute atomic E-state index is 14.2. The number of amides is 2. The first-order valence-corrected chi connectivity index (χ1v) is 12.9. The lowest BCUT2D eigenvalue weighted by Gasteiger charge is -2.29. The zero-order valence-corrected chi connectivity index (χ0v) is 19.8. The predicted octanol–water partition coefficient (Wildman–Crippen LogP) is 5.41. The second kappa shape index (κ2) is 7.44. The Balaban J connectivity index is 1.20. The molecule has 3 aliphatic carbocycles. The number of benzene rings is 1. The third-order valence-electron chi connectivity index (χ3n) is 9.96. The topological polar surface area (TPSA) is 49.6 Å². The summed E-state index contributed by atoms with van der Waals surface area (Å²) in [5.41, 5.74) is 1.90. The van der Waals surface area contributed by atoms with E-state index in [9.17, 15) is 14.0 Å². The molecule has 0 bridgehead atoms. The number of nitrogens with zero attached hydrogens (tertiary/aromatic N) is 2. The molecule has 1 aromatic carbocycles. The first kappa shape index (κ1) is 21.4. The molecule has 5 aliphatic rings. The Morgan fingerprint density at radius 3 is 2.79 bits per heavy atom. The second-order valence-electron chi connectivity index (χ2n) is 11.3. The lowest BCUT2D eigenvalue weighted by molar-refractivity contribution is -0.116. The quantitative estimate of drug-likeness (QED) is 0.562. The van der Waals surface area contributed by atoms with E-state index in [1.54, 1.807) is 19.1 Å². The normalized spacial score (nSPS) is 38.6. The monoisotopic (exact) mass is 454 g/mol. The van der Waals surface area contributed by atoms with Gasteiger partial charge in [-0.3, -0.25) is 9.69 Å². The van der Waals surface area contributed by atoms with Crippen molar-refractivity contribution in [3.63, 3.8) is 0 Å². The molecule has 5 nitrogen and oxygen atoms in total. The summed E-state index contributed by atoms with van der Waals surface area (Å²) in [6, 6.07) is 5.35. The van der Waals surface area contributed by atoms with E-state index < -0.39 is 0 Å². The Labute approximate surface area is 195 Å². The molecule has 33 heavy (non-hydrogen) atoms. The van der Waals surface area contributed by atoms with Gasteiger partial charge in [-0.25, -0.2) is 9.18 Å². The van der Waals surface area contributed by atoms with Crippen LogP contribution in [0.4, 0.5) is 14.9 Å². The van der Waals surface area contributed by atoms with Crippen LogP contribution in [0.25, 0.3) is 0 Å². The van der Waals surface area contributed by atoms with Crippen LogP contribution in [0.15, 0.2) is 18.2 Å². The summed E-state index contributed by atoms with van der Waals surface area (Å²) in [6.07, 6.45) is 10.1. The molecule has 2 aliphatic heterocycles. The van der Waals surface area contributed by atoms with Crippen molar-refractivity contribution < 1.29 is 18.7 Å². The van der Waals surface area contributed by atoms with Gasteiger partial charge in [-0.1, -0.05) is 12.8 Å². The maximum atomic E-state index is 14.2. The first-order chi connectivity index (χ1) is 15.9. The van der Waals surface area contributed by atoms with Gasteiger partial charge >= 0.3 is 6.09 Å². The van der Waals surface area contributed by atoms with E-state index in [0.29, 0.717) is 36.9 Å². The summed E-state index contributed by atoms with van der Waals surface area (Å²) in [5.74, 6) is 1.77. The summed E-state index contributed by atoms with van der Waals surface area (Å²) in [7, 11) is 0. The average Bonchev–Trinajstić information content (AvgIpc) is 2.96. The van der Waals surface area contributed by atoms with Gasteiger partial charge in [-0.2, -0.15) is 0 Å². The van der Waals surface area contributed by atoms with Gasteiger partial charge in [0.25, 0.3) is 0 Å². The summed E-state index contributed by atoms with van der Waals surface area (Å²) < 4.78 is 19.6. The summed E-state index contributed by atoms with van der Waals surface area (Å²) in [5, 5.41) is 0. The fraction of sp³-hybridized carbons (Fsp3) is 0.704. The molecule has 0 N–H and O–H groups in total. The number of hydrogen-bond donors (Lipinski definition) is 0. The molecular weight excluding hydrogens is 419 g/mol. The molecule has 178 valence electrons. The molecule has 4 fully saturated rings. The molecule has 0 aromatic heterocycles. The Bertz CT molecular complexity index is 998. The third kappa shape index (κ3) is 3.01. The zero-order chi connectivity index (χ0) is 23.0. The fourth-order valence-corrected chi connectivity index (χ4v) is 8.56. The second-order valence-corrected chi connectivity index (χ2v) is 11.3. The average molecular weight is 455 g/mol. The van der Waals surface area contributed by atoms with Crippen LogP contribution in [-0.4, -0.2) is 41.6 Å². The minimum Gasteiger partial charge on any atom is -0.450 e. The highest BCUT2D eigenvalue weighted by Crippen LogP contribution is 2.67. The largest absolute Gasteiger partial charge is 0.450 e. The summed E-state index contributed by atoms with van der Waals surface area (Å²) in [6.45, 7) is 4.62. The van der Waals surface area contributed by atoms with E-state index in [1.807, 2.05) is 11.8 Å². The molecular formula is C27H35FN2O3. The molecule has 1 aromatic rings. The number of ether oxygens (including phenoxy) is 1. The number of anilines is 1. The van der Waals surface area contributed by atoms with Crippen molar-refractivity contribution in [3.8, 4) is 0 Å². The third-order valence-corrected chi connectivity index (χ3v) is 9.96. The molecule has 6 unspecified atom stereocenters. The van der Waals surface area contributed by atoms with Crippen LogP contribution in [0, 0.1) is 23.6 Å². The molecule has 2 spiro atoms. The van der Waals surface area contributed by atoms with Gasteiger partial charge in [0, 0.05) is 24.6 Å².